The lowest BCUT2D eigenvalue weighted by molar-refractivity contribution is -0.137. The Balaban J connectivity index is 1.44. The van der Waals surface area contributed by atoms with Gasteiger partial charge < -0.3 is 15.2 Å². The Labute approximate surface area is 151 Å². The molecule has 0 spiro atoms. The number of aromatic nitrogens is 2. The second kappa shape index (κ2) is 6.42. The van der Waals surface area contributed by atoms with Gasteiger partial charge >= 0.3 is 6.18 Å². The molecule has 0 radical (unpaired) electrons. The van der Waals surface area contributed by atoms with Gasteiger partial charge in [-0.2, -0.15) is 18.2 Å². The van der Waals surface area contributed by atoms with Crippen LogP contribution in [0.15, 0.2) is 47.0 Å². The Morgan fingerprint density at radius 2 is 1.93 bits per heavy atom. The standard InChI is InChI=1S/C18H13F3N4O2/c19-18(20,21)12-4-1-10(2-5-12)16-24-15(27-25-16)9-22-13-6-3-11-8-23-17(26)14(11)7-13/h1-7,22H,8-9H2,(H,23,26). The van der Waals surface area contributed by atoms with Gasteiger partial charge in [0.05, 0.1) is 12.1 Å². The van der Waals surface area contributed by atoms with Crippen LogP contribution in [0.3, 0.4) is 0 Å². The molecule has 1 aromatic heterocycles. The van der Waals surface area contributed by atoms with Gasteiger partial charge in [0, 0.05) is 23.4 Å². The molecule has 1 aliphatic rings. The number of halogens is 3. The van der Waals surface area contributed by atoms with Crippen molar-refractivity contribution in [3.63, 3.8) is 0 Å². The van der Waals surface area contributed by atoms with Gasteiger partial charge in [0.15, 0.2) is 0 Å². The fourth-order valence-corrected chi connectivity index (χ4v) is 2.75. The fraction of sp³-hybridized carbons (Fsp3) is 0.167. The van der Waals surface area contributed by atoms with Crippen LogP contribution in [0.2, 0.25) is 0 Å². The second-order valence-corrected chi connectivity index (χ2v) is 5.99. The van der Waals surface area contributed by atoms with Crippen molar-refractivity contribution in [2.24, 2.45) is 0 Å². The number of amides is 1. The van der Waals surface area contributed by atoms with Crippen molar-refractivity contribution in [2.45, 2.75) is 19.3 Å². The summed E-state index contributed by atoms with van der Waals surface area (Å²) in [6.07, 6.45) is -4.39. The molecule has 9 heteroatoms. The molecule has 138 valence electrons. The third-order valence-electron chi connectivity index (χ3n) is 4.18. The summed E-state index contributed by atoms with van der Waals surface area (Å²) in [6, 6.07) is 9.97. The van der Waals surface area contributed by atoms with Crippen LogP contribution in [0.4, 0.5) is 18.9 Å². The van der Waals surface area contributed by atoms with E-state index in [9.17, 15) is 18.0 Å². The largest absolute Gasteiger partial charge is 0.416 e. The van der Waals surface area contributed by atoms with E-state index in [0.717, 1.165) is 23.4 Å². The maximum atomic E-state index is 12.6. The number of alkyl halides is 3. The summed E-state index contributed by atoms with van der Waals surface area (Å²) in [7, 11) is 0. The molecule has 6 nitrogen and oxygen atoms in total. The molecule has 0 saturated heterocycles. The molecule has 2 heterocycles. The van der Waals surface area contributed by atoms with Crippen molar-refractivity contribution in [3.8, 4) is 11.4 Å². The Bertz CT molecular complexity index is 997. The maximum Gasteiger partial charge on any atom is 0.416 e. The van der Waals surface area contributed by atoms with Gasteiger partial charge in [-0.05, 0) is 29.8 Å². The quantitative estimate of drug-likeness (QED) is 0.729. The van der Waals surface area contributed by atoms with Gasteiger partial charge in [0.2, 0.25) is 11.7 Å². The molecule has 1 amide bonds. The number of carbonyl (C=O) groups excluding carboxylic acids is 1. The lowest BCUT2D eigenvalue weighted by Crippen LogP contribution is -2.12. The Hall–Kier alpha value is -3.36. The van der Waals surface area contributed by atoms with Crippen molar-refractivity contribution in [1.82, 2.24) is 15.5 Å². The first-order valence-corrected chi connectivity index (χ1v) is 8.05. The van der Waals surface area contributed by atoms with Gasteiger partial charge in [-0.3, -0.25) is 4.79 Å². The number of anilines is 1. The van der Waals surface area contributed by atoms with E-state index in [0.29, 0.717) is 17.7 Å². The minimum atomic E-state index is -4.39. The number of fused-ring (bicyclic) bond motifs is 1. The van der Waals surface area contributed by atoms with Crippen molar-refractivity contribution in [3.05, 3.63) is 65.0 Å². The molecule has 2 aromatic carbocycles. The van der Waals surface area contributed by atoms with Crippen LogP contribution < -0.4 is 10.6 Å². The topological polar surface area (TPSA) is 80.0 Å². The minimum absolute atomic E-state index is 0.115. The molecule has 3 aromatic rings. The summed E-state index contributed by atoms with van der Waals surface area (Å²) in [5, 5.41) is 9.61. The molecule has 0 fully saturated rings. The lowest BCUT2D eigenvalue weighted by atomic mass is 10.1. The van der Waals surface area contributed by atoms with E-state index in [1.54, 1.807) is 6.07 Å². The SMILES string of the molecule is O=C1NCc2ccc(NCc3nc(-c4ccc(C(F)(F)F)cc4)no3)cc21. The highest BCUT2D eigenvalue weighted by atomic mass is 19.4. The van der Waals surface area contributed by atoms with Gasteiger partial charge in [0.1, 0.15) is 0 Å². The maximum absolute atomic E-state index is 12.6. The summed E-state index contributed by atoms with van der Waals surface area (Å²) in [5.74, 6) is 0.361. The molecule has 1 aliphatic heterocycles. The monoisotopic (exact) mass is 374 g/mol. The highest BCUT2D eigenvalue weighted by molar-refractivity contribution is 5.99. The average molecular weight is 374 g/mol. The summed E-state index contributed by atoms with van der Waals surface area (Å²) in [5.41, 5.74) is 1.97. The minimum Gasteiger partial charge on any atom is -0.376 e. The van der Waals surface area contributed by atoms with Crippen LogP contribution in [0.1, 0.15) is 27.4 Å². The molecule has 27 heavy (non-hydrogen) atoms. The Morgan fingerprint density at radius 1 is 1.15 bits per heavy atom. The van der Waals surface area contributed by atoms with Crippen LogP contribution in [0.25, 0.3) is 11.4 Å². The third kappa shape index (κ3) is 3.48. The first kappa shape index (κ1) is 17.1. The van der Waals surface area contributed by atoms with Gasteiger partial charge in [-0.1, -0.05) is 23.4 Å². The van der Waals surface area contributed by atoms with Crippen molar-refractivity contribution >= 4 is 11.6 Å². The Morgan fingerprint density at radius 3 is 2.67 bits per heavy atom. The van der Waals surface area contributed by atoms with Gasteiger partial charge in [-0.25, -0.2) is 0 Å². The first-order valence-electron chi connectivity index (χ1n) is 8.05. The molecule has 0 unspecified atom stereocenters. The summed E-state index contributed by atoms with van der Waals surface area (Å²) < 4.78 is 43.0. The van der Waals surface area contributed by atoms with Crippen LogP contribution in [0, 0.1) is 0 Å². The molecular weight excluding hydrogens is 361 g/mol. The number of carbonyl (C=O) groups is 1. The highest BCUT2D eigenvalue weighted by Crippen LogP contribution is 2.30. The second-order valence-electron chi connectivity index (χ2n) is 5.99. The van der Waals surface area contributed by atoms with E-state index >= 15 is 0 Å². The molecule has 0 bridgehead atoms. The molecule has 0 atom stereocenters. The van der Waals surface area contributed by atoms with Crippen LogP contribution >= 0.6 is 0 Å². The number of nitrogens with one attached hydrogen (secondary N) is 2. The fourth-order valence-electron chi connectivity index (χ4n) is 2.75. The molecule has 4 rings (SSSR count). The number of hydrogen-bond donors (Lipinski definition) is 2. The van der Waals surface area contributed by atoms with E-state index in [4.69, 9.17) is 4.52 Å². The smallest absolute Gasteiger partial charge is 0.376 e. The lowest BCUT2D eigenvalue weighted by Gasteiger charge is -2.06. The number of nitrogens with zero attached hydrogens (tertiary/aromatic N) is 2. The van der Waals surface area contributed by atoms with E-state index in [-0.39, 0.29) is 24.2 Å². The normalized spacial score (nSPS) is 13.4. The van der Waals surface area contributed by atoms with Crippen molar-refractivity contribution in [1.29, 1.82) is 0 Å². The van der Waals surface area contributed by atoms with Crippen LogP contribution in [0.5, 0.6) is 0 Å². The Kier molecular flexibility index (Phi) is 4.06. The van der Waals surface area contributed by atoms with Gasteiger partial charge in [-0.15, -0.1) is 0 Å². The van der Waals surface area contributed by atoms with Crippen LogP contribution in [-0.2, 0) is 19.3 Å². The number of hydrogen-bond acceptors (Lipinski definition) is 5. The van der Waals surface area contributed by atoms with E-state index < -0.39 is 11.7 Å². The van der Waals surface area contributed by atoms with E-state index in [1.165, 1.54) is 12.1 Å². The van der Waals surface area contributed by atoms with E-state index in [2.05, 4.69) is 20.8 Å². The van der Waals surface area contributed by atoms with Crippen molar-refractivity contribution in [2.75, 3.05) is 5.32 Å². The third-order valence-corrected chi connectivity index (χ3v) is 4.18. The molecule has 2 N–H and O–H groups in total. The van der Waals surface area contributed by atoms with Crippen molar-refractivity contribution < 1.29 is 22.5 Å². The molecular formula is C18H13F3N4O2. The zero-order chi connectivity index (χ0) is 19.0. The summed E-state index contributed by atoms with van der Waals surface area (Å²) >= 11 is 0. The number of rotatable bonds is 4. The highest BCUT2D eigenvalue weighted by Gasteiger charge is 2.30. The number of benzene rings is 2. The predicted molar refractivity (Wildman–Crippen MR) is 89.7 cm³/mol. The van der Waals surface area contributed by atoms with E-state index in [1.807, 2.05) is 12.1 Å². The zero-order valence-corrected chi connectivity index (χ0v) is 13.8. The zero-order valence-electron chi connectivity index (χ0n) is 13.8. The molecule has 0 saturated carbocycles. The molecule has 0 aliphatic carbocycles. The van der Waals surface area contributed by atoms with Gasteiger partial charge in [0.25, 0.3) is 5.91 Å². The summed E-state index contributed by atoms with van der Waals surface area (Å²) in [4.78, 5) is 15.9. The van der Waals surface area contributed by atoms with Crippen LogP contribution in [-0.4, -0.2) is 16.0 Å². The predicted octanol–water partition coefficient (Wildman–Crippen LogP) is 3.61. The summed E-state index contributed by atoms with van der Waals surface area (Å²) in [6.45, 7) is 0.739. The average Bonchev–Trinajstić information content (AvgIpc) is 3.27. The first-order chi connectivity index (χ1) is 12.9.